The first kappa shape index (κ1) is 28.5. The van der Waals surface area contributed by atoms with E-state index in [2.05, 4.69) is 15.1 Å². The zero-order chi connectivity index (χ0) is 29.0. The molecule has 0 aliphatic carbocycles. The summed E-state index contributed by atoms with van der Waals surface area (Å²) in [6.07, 6.45) is 3.29. The number of aromatic nitrogens is 4. The maximum atomic E-state index is 14.7. The smallest absolute Gasteiger partial charge is 0.335 e. The Kier molecular flexibility index (Phi) is 8.61. The Morgan fingerprint density at radius 3 is 2.33 bits per heavy atom. The zero-order valence-corrected chi connectivity index (χ0v) is 22.8. The van der Waals surface area contributed by atoms with Crippen LogP contribution in [-0.4, -0.2) is 40.4 Å². The molecule has 0 atom stereocenters. The molecule has 0 saturated heterocycles. The molecule has 2 aromatic carbocycles. The summed E-state index contributed by atoms with van der Waals surface area (Å²) < 4.78 is 58.4. The fourth-order valence-corrected chi connectivity index (χ4v) is 4.30. The van der Waals surface area contributed by atoms with Gasteiger partial charge in [-0.3, -0.25) is 0 Å². The summed E-state index contributed by atoms with van der Waals surface area (Å²) in [5, 5.41) is 14.1. The van der Waals surface area contributed by atoms with Gasteiger partial charge in [-0.05, 0) is 60.9 Å². The fraction of sp³-hybridized carbons (Fsp3) is 0.179. The zero-order valence-electron chi connectivity index (χ0n) is 21.9. The van der Waals surface area contributed by atoms with Gasteiger partial charge < -0.3 is 14.3 Å². The lowest BCUT2D eigenvalue weighted by molar-refractivity contribution is 0.275. The molecule has 206 valence electrons. The number of halogens is 2. The summed E-state index contributed by atoms with van der Waals surface area (Å²) >= 11 is -0.750. The lowest BCUT2D eigenvalue weighted by Gasteiger charge is -2.14. The number of methoxy groups -OCH3 is 1. The SMILES string of the molecule is COc1ncc(-c2oc(C)nc2-c2cc(-c3cc(C)c(CO)c(F)c3)ccc2-n2ccc(C)n2)cc1F.O=S=O. The lowest BCUT2D eigenvalue weighted by atomic mass is 9.96. The van der Waals surface area contributed by atoms with Gasteiger partial charge in [0.15, 0.2) is 17.5 Å². The van der Waals surface area contributed by atoms with E-state index in [9.17, 15) is 13.9 Å². The van der Waals surface area contributed by atoms with E-state index in [4.69, 9.17) is 17.6 Å². The minimum Gasteiger partial charge on any atom is -0.479 e. The molecular weight excluding hydrogens is 542 g/mol. The van der Waals surface area contributed by atoms with Crippen LogP contribution in [0, 0.1) is 32.4 Å². The third-order valence-electron chi connectivity index (χ3n) is 6.13. The maximum Gasteiger partial charge on any atom is 0.335 e. The van der Waals surface area contributed by atoms with Crippen LogP contribution in [0.15, 0.2) is 59.3 Å². The van der Waals surface area contributed by atoms with E-state index in [-0.39, 0.29) is 18.1 Å². The quantitative estimate of drug-likeness (QED) is 0.294. The van der Waals surface area contributed by atoms with Gasteiger partial charge >= 0.3 is 11.6 Å². The van der Waals surface area contributed by atoms with Crippen LogP contribution in [0.3, 0.4) is 0 Å². The van der Waals surface area contributed by atoms with E-state index in [1.54, 1.807) is 18.5 Å². The first-order valence-corrected chi connectivity index (χ1v) is 12.5. The van der Waals surface area contributed by atoms with Gasteiger partial charge in [-0.1, -0.05) is 12.1 Å². The number of oxazole rings is 1. The molecule has 0 saturated carbocycles. The van der Waals surface area contributed by atoms with Gasteiger partial charge in [-0.2, -0.15) is 13.5 Å². The normalized spacial score (nSPS) is 10.7. The fourth-order valence-electron chi connectivity index (χ4n) is 4.30. The molecule has 12 heteroatoms. The summed E-state index contributed by atoms with van der Waals surface area (Å²) in [4.78, 5) is 8.66. The first-order valence-electron chi connectivity index (χ1n) is 11.9. The van der Waals surface area contributed by atoms with E-state index in [0.717, 1.165) is 11.3 Å². The van der Waals surface area contributed by atoms with Crippen LogP contribution in [-0.2, 0) is 18.2 Å². The van der Waals surface area contributed by atoms with Gasteiger partial charge in [0.1, 0.15) is 11.5 Å². The molecule has 0 aliphatic heterocycles. The molecule has 5 rings (SSSR count). The first-order chi connectivity index (χ1) is 19.2. The second kappa shape index (κ2) is 12.1. The number of aliphatic hydroxyl groups is 1. The third-order valence-corrected chi connectivity index (χ3v) is 6.13. The Hall–Kier alpha value is -4.55. The Labute approximate surface area is 231 Å². The predicted molar refractivity (Wildman–Crippen MR) is 143 cm³/mol. The van der Waals surface area contributed by atoms with Crippen molar-refractivity contribution >= 4 is 11.6 Å². The molecule has 0 radical (unpaired) electrons. The highest BCUT2D eigenvalue weighted by Crippen LogP contribution is 2.39. The maximum absolute atomic E-state index is 14.7. The van der Waals surface area contributed by atoms with Crippen LogP contribution in [0.2, 0.25) is 0 Å². The summed E-state index contributed by atoms with van der Waals surface area (Å²) in [6, 6.07) is 12.0. The summed E-state index contributed by atoms with van der Waals surface area (Å²) in [7, 11) is 1.34. The predicted octanol–water partition coefficient (Wildman–Crippen LogP) is 5.29. The van der Waals surface area contributed by atoms with Crippen molar-refractivity contribution in [1.29, 1.82) is 0 Å². The molecule has 0 aliphatic rings. The number of aryl methyl sites for hydroxylation is 3. The van der Waals surface area contributed by atoms with E-state index in [1.165, 1.54) is 25.4 Å². The second-order valence-electron chi connectivity index (χ2n) is 8.74. The van der Waals surface area contributed by atoms with Crippen molar-refractivity contribution in [2.24, 2.45) is 0 Å². The largest absolute Gasteiger partial charge is 0.479 e. The van der Waals surface area contributed by atoms with Crippen LogP contribution in [0.4, 0.5) is 8.78 Å². The number of rotatable bonds is 6. The topological polar surface area (TPSA) is 120 Å². The van der Waals surface area contributed by atoms with Gasteiger partial charge in [-0.25, -0.2) is 23.4 Å². The molecule has 5 aromatic rings. The number of aliphatic hydroxyl groups excluding tert-OH is 1. The summed E-state index contributed by atoms with van der Waals surface area (Å²) in [6.45, 7) is 4.96. The minimum atomic E-state index is -0.750. The number of benzene rings is 2. The summed E-state index contributed by atoms with van der Waals surface area (Å²) in [5.41, 5.74) is 5.28. The van der Waals surface area contributed by atoms with E-state index >= 15 is 0 Å². The van der Waals surface area contributed by atoms with Crippen LogP contribution < -0.4 is 4.74 Å². The Balaban J connectivity index is 0.00000118. The van der Waals surface area contributed by atoms with Crippen molar-refractivity contribution in [3.8, 4) is 45.3 Å². The average Bonchev–Trinajstić information content (AvgIpc) is 3.54. The highest BCUT2D eigenvalue weighted by Gasteiger charge is 2.22. The highest BCUT2D eigenvalue weighted by molar-refractivity contribution is 7.51. The molecule has 0 spiro atoms. The molecular formula is C28H24F2N4O5S. The van der Waals surface area contributed by atoms with Crippen LogP contribution in [0.5, 0.6) is 5.88 Å². The molecule has 3 heterocycles. The number of nitrogens with zero attached hydrogens (tertiary/aromatic N) is 4. The minimum absolute atomic E-state index is 0.125. The molecule has 40 heavy (non-hydrogen) atoms. The van der Waals surface area contributed by atoms with Gasteiger partial charge in [0.2, 0.25) is 5.88 Å². The molecule has 9 nitrogen and oxygen atoms in total. The molecule has 0 amide bonds. The van der Waals surface area contributed by atoms with Crippen LogP contribution in [0.25, 0.3) is 39.4 Å². The number of ether oxygens (including phenoxy) is 1. The monoisotopic (exact) mass is 566 g/mol. The van der Waals surface area contributed by atoms with E-state index in [0.29, 0.717) is 45.3 Å². The number of hydrogen-bond acceptors (Lipinski definition) is 8. The van der Waals surface area contributed by atoms with Crippen molar-refractivity contribution in [3.63, 3.8) is 0 Å². The summed E-state index contributed by atoms with van der Waals surface area (Å²) in [5.74, 6) is -0.537. The third kappa shape index (κ3) is 5.72. The number of pyridine rings is 1. The average molecular weight is 567 g/mol. The Bertz CT molecular complexity index is 1700. The number of hydrogen-bond donors (Lipinski definition) is 1. The lowest BCUT2D eigenvalue weighted by Crippen LogP contribution is -2.00. The Morgan fingerprint density at radius 1 is 1.00 bits per heavy atom. The molecule has 0 bridgehead atoms. The second-order valence-corrected chi connectivity index (χ2v) is 8.88. The van der Waals surface area contributed by atoms with Crippen LogP contribution in [0.1, 0.15) is 22.7 Å². The molecule has 0 fully saturated rings. The van der Waals surface area contributed by atoms with Crippen molar-refractivity contribution in [3.05, 3.63) is 89.2 Å². The van der Waals surface area contributed by atoms with E-state index < -0.39 is 23.2 Å². The van der Waals surface area contributed by atoms with Crippen molar-refractivity contribution < 1.29 is 31.5 Å². The molecule has 3 aromatic heterocycles. The van der Waals surface area contributed by atoms with E-state index in [1.807, 2.05) is 43.5 Å². The molecule has 1 N–H and O–H groups in total. The van der Waals surface area contributed by atoms with Gasteiger partial charge in [0.05, 0.1) is 25.1 Å². The van der Waals surface area contributed by atoms with Gasteiger partial charge in [-0.15, -0.1) is 0 Å². The van der Waals surface area contributed by atoms with Gasteiger partial charge in [0.25, 0.3) is 0 Å². The van der Waals surface area contributed by atoms with Crippen LogP contribution >= 0.6 is 0 Å². The molecule has 0 unspecified atom stereocenters. The van der Waals surface area contributed by atoms with Crippen molar-refractivity contribution in [2.45, 2.75) is 27.4 Å². The van der Waals surface area contributed by atoms with Gasteiger partial charge in [0, 0.05) is 36.0 Å². The van der Waals surface area contributed by atoms with Crippen molar-refractivity contribution in [1.82, 2.24) is 19.7 Å². The highest BCUT2D eigenvalue weighted by atomic mass is 32.1. The Morgan fingerprint density at radius 2 is 1.73 bits per heavy atom. The standard InChI is InChI=1S/C28H24F2N4O3.O2S/c1-15-9-19(11-23(29)22(15)14-35)18-5-6-25(34-8-7-16(2)33-34)21(10-18)26-27(37-17(3)32-26)20-12-24(30)28(36-4)31-13-20;1-3-2/h5-13,35H,14H2,1-4H3;. The van der Waals surface area contributed by atoms with Crippen molar-refractivity contribution in [2.75, 3.05) is 7.11 Å².